The molecule has 3 heteroatoms. The SMILES string of the molecule is CC#CCNC(=O)c1cc(N)c(C)cc1C. The van der Waals surface area contributed by atoms with E-state index in [1.165, 1.54) is 0 Å². The maximum absolute atomic E-state index is 11.8. The number of aryl methyl sites for hydroxylation is 2. The summed E-state index contributed by atoms with van der Waals surface area (Å²) in [5.74, 6) is 5.37. The molecular weight excluding hydrogens is 200 g/mol. The van der Waals surface area contributed by atoms with Crippen LogP contribution >= 0.6 is 0 Å². The van der Waals surface area contributed by atoms with Crippen molar-refractivity contribution in [3.05, 3.63) is 28.8 Å². The monoisotopic (exact) mass is 216 g/mol. The zero-order valence-electron chi connectivity index (χ0n) is 9.85. The van der Waals surface area contributed by atoms with Crippen LogP contribution in [0.25, 0.3) is 0 Å². The number of nitrogen functional groups attached to an aromatic ring is 1. The van der Waals surface area contributed by atoms with Gasteiger partial charge in [0.1, 0.15) is 0 Å². The fraction of sp³-hybridized carbons (Fsp3) is 0.308. The van der Waals surface area contributed by atoms with Crippen molar-refractivity contribution in [1.82, 2.24) is 5.32 Å². The molecule has 0 saturated carbocycles. The quantitative estimate of drug-likeness (QED) is 0.583. The third kappa shape index (κ3) is 2.77. The van der Waals surface area contributed by atoms with Gasteiger partial charge in [0.25, 0.3) is 5.91 Å². The summed E-state index contributed by atoms with van der Waals surface area (Å²) in [6, 6.07) is 3.62. The summed E-state index contributed by atoms with van der Waals surface area (Å²) in [7, 11) is 0. The minimum absolute atomic E-state index is 0.132. The first-order valence-corrected chi connectivity index (χ1v) is 5.10. The lowest BCUT2D eigenvalue weighted by molar-refractivity contribution is 0.0958. The molecule has 3 N–H and O–H groups in total. The molecule has 0 radical (unpaired) electrons. The van der Waals surface area contributed by atoms with E-state index in [1.807, 2.05) is 19.9 Å². The van der Waals surface area contributed by atoms with Crippen LogP contribution in [0.3, 0.4) is 0 Å². The van der Waals surface area contributed by atoms with Gasteiger partial charge >= 0.3 is 0 Å². The van der Waals surface area contributed by atoms with Crippen LogP contribution in [0.2, 0.25) is 0 Å². The summed E-state index contributed by atoms with van der Waals surface area (Å²) < 4.78 is 0. The van der Waals surface area contributed by atoms with E-state index in [-0.39, 0.29) is 5.91 Å². The minimum Gasteiger partial charge on any atom is -0.398 e. The van der Waals surface area contributed by atoms with E-state index in [0.29, 0.717) is 17.8 Å². The van der Waals surface area contributed by atoms with Crippen molar-refractivity contribution in [2.75, 3.05) is 12.3 Å². The predicted molar refractivity (Wildman–Crippen MR) is 66.1 cm³/mol. The van der Waals surface area contributed by atoms with E-state index >= 15 is 0 Å². The molecule has 1 rings (SSSR count). The highest BCUT2D eigenvalue weighted by molar-refractivity contribution is 5.96. The van der Waals surface area contributed by atoms with Crippen molar-refractivity contribution in [3.63, 3.8) is 0 Å². The number of nitrogens with two attached hydrogens (primary N) is 1. The normalized spacial score (nSPS) is 9.19. The Kier molecular flexibility index (Phi) is 3.96. The van der Waals surface area contributed by atoms with Crippen LogP contribution in [-0.2, 0) is 0 Å². The second kappa shape index (κ2) is 5.22. The van der Waals surface area contributed by atoms with Crippen molar-refractivity contribution in [2.45, 2.75) is 20.8 Å². The average Bonchev–Trinajstić information content (AvgIpc) is 2.23. The van der Waals surface area contributed by atoms with E-state index in [1.54, 1.807) is 13.0 Å². The van der Waals surface area contributed by atoms with Gasteiger partial charge in [-0.05, 0) is 38.0 Å². The number of rotatable bonds is 2. The highest BCUT2D eigenvalue weighted by Crippen LogP contribution is 2.17. The Hall–Kier alpha value is -1.95. The molecule has 84 valence electrons. The van der Waals surface area contributed by atoms with E-state index in [4.69, 9.17) is 5.73 Å². The van der Waals surface area contributed by atoms with Gasteiger partial charge < -0.3 is 11.1 Å². The molecule has 0 aliphatic rings. The minimum atomic E-state index is -0.132. The van der Waals surface area contributed by atoms with Gasteiger partial charge in [-0.1, -0.05) is 12.0 Å². The molecular formula is C13H16N2O. The fourth-order valence-corrected chi connectivity index (χ4v) is 1.42. The average molecular weight is 216 g/mol. The van der Waals surface area contributed by atoms with Crippen LogP contribution in [0, 0.1) is 25.7 Å². The maximum Gasteiger partial charge on any atom is 0.252 e. The van der Waals surface area contributed by atoms with Crippen molar-refractivity contribution in [2.24, 2.45) is 0 Å². The molecule has 0 heterocycles. The molecule has 1 aromatic carbocycles. The maximum atomic E-state index is 11.8. The molecule has 0 unspecified atom stereocenters. The second-order valence-corrected chi connectivity index (χ2v) is 3.63. The lowest BCUT2D eigenvalue weighted by Gasteiger charge is -2.08. The van der Waals surface area contributed by atoms with Crippen molar-refractivity contribution < 1.29 is 4.79 Å². The molecule has 0 saturated heterocycles. The zero-order chi connectivity index (χ0) is 12.1. The Morgan fingerprint density at radius 2 is 2.06 bits per heavy atom. The Bertz CT molecular complexity index is 467. The number of anilines is 1. The zero-order valence-corrected chi connectivity index (χ0v) is 9.85. The highest BCUT2D eigenvalue weighted by atomic mass is 16.1. The Labute approximate surface area is 96.0 Å². The third-order valence-corrected chi connectivity index (χ3v) is 2.37. The summed E-state index contributed by atoms with van der Waals surface area (Å²) in [6.07, 6.45) is 0. The topological polar surface area (TPSA) is 55.1 Å². The molecule has 1 amide bonds. The number of carbonyl (C=O) groups excluding carboxylic acids is 1. The van der Waals surface area contributed by atoms with Gasteiger partial charge in [0.15, 0.2) is 0 Å². The molecule has 0 bridgehead atoms. The lowest BCUT2D eigenvalue weighted by Crippen LogP contribution is -2.24. The first kappa shape index (κ1) is 12.1. The summed E-state index contributed by atoms with van der Waals surface area (Å²) in [4.78, 5) is 11.8. The van der Waals surface area contributed by atoms with Gasteiger partial charge in [0.05, 0.1) is 6.54 Å². The molecule has 1 aromatic rings. The first-order valence-electron chi connectivity index (χ1n) is 5.10. The Balaban J connectivity index is 2.90. The van der Waals surface area contributed by atoms with Gasteiger partial charge in [-0.15, -0.1) is 5.92 Å². The molecule has 3 nitrogen and oxygen atoms in total. The predicted octanol–water partition coefficient (Wildman–Crippen LogP) is 1.64. The first-order chi connectivity index (χ1) is 7.56. The molecule has 0 aromatic heterocycles. The summed E-state index contributed by atoms with van der Waals surface area (Å²) in [5.41, 5.74) is 8.94. The number of hydrogen-bond donors (Lipinski definition) is 2. The number of benzene rings is 1. The second-order valence-electron chi connectivity index (χ2n) is 3.63. The van der Waals surface area contributed by atoms with Gasteiger partial charge in [-0.3, -0.25) is 4.79 Å². The van der Waals surface area contributed by atoms with Gasteiger partial charge in [-0.25, -0.2) is 0 Å². The molecule has 0 spiro atoms. The van der Waals surface area contributed by atoms with Crippen LogP contribution in [0.1, 0.15) is 28.4 Å². The van der Waals surface area contributed by atoms with Crippen LogP contribution < -0.4 is 11.1 Å². The van der Waals surface area contributed by atoms with Crippen LogP contribution in [-0.4, -0.2) is 12.5 Å². The van der Waals surface area contributed by atoms with E-state index in [0.717, 1.165) is 11.1 Å². The number of amides is 1. The van der Waals surface area contributed by atoms with Crippen molar-refractivity contribution >= 4 is 11.6 Å². The standard InChI is InChI=1S/C13H16N2O/c1-4-5-6-15-13(16)11-8-12(14)10(3)7-9(11)2/h7-8H,6,14H2,1-3H3,(H,15,16). The highest BCUT2D eigenvalue weighted by Gasteiger charge is 2.09. The summed E-state index contributed by atoms with van der Waals surface area (Å²) in [6.45, 7) is 5.92. The van der Waals surface area contributed by atoms with E-state index < -0.39 is 0 Å². The van der Waals surface area contributed by atoms with Crippen LogP contribution in [0.5, 0.6) is 0 Å². The Morgan fingerprint density at radius 1 is 1.38 bits per heavy atom. The third-order valence-electron chi connectivity index (χ3n) is 2.37. The molecule has 0 fully saturated rings. The summed E-state index contributed by atoms with van der Waals surface area (Å²) >= 11 is 0. The van der Waals surface area contributed by atoms with Gasteiger partial charge in [-0.2, -0.15) is 0 Å². The smallest absolute Gasteiger partial charge is 0.252 e. The van der Waals surface area contributed by atoms with E-state index in [2.05, 4.69) is 17.2 Å². The number of hydrogen-bond acceptors (Lipinski definition) is 2. The molecule has 16 heavy (non-hydrogen) atoms. The van der Waals surface area contributed by atoms with Gasteiger partial charge in [0, 0.05) is 11.3 Å². The Morgan fingerprint density at radius 3 is 2.69 bits per heavy atom. The van der Waals surface area contributed by atoms with Crippen LogP contribution in [0.15, 0.2) is 12.1 Å². The number of carbonyl (C=O) groups is 1. The van der Waals surface area contributed by atoms with Gasteiger partial charge in [0.2, 0.25) is 0 Å². The molecule has 0 aliphatic carbocycles. The van der Waals surface area contributed by atoms with Crippen LogP contribution in [0.4, 0.5) is 5.69 Å². The number of nitrogens with one attached hydrogen (secondary N) is 1. The largest absolute Gasteiger partial charge is 0.398 e. The lowest BCUT2D eigenvalue weighted by atomic mass is 10.0. The molecule has 0 atom stereocenters. The van der Waals surface area contributed by atoms with E-state index in [9.17, 15) is 4.79 Å². The molecule has 0 aliphatic heterocycles. The fourth-order valence-electron chi connectivity index (χ4n) is 1.42. The van der Waals surface area contributed by atoms with Crippen molar-refractivity contribution in [1.29, 1.82) is 0 Å². The van der Waals surface area contributed by atoms with Crippen molar-refractivity contribution in [3.8, 4) is 11.8 Å². The summed E-state index contributed by atoms with van der Waals surface area (Å²) in [5, 5.41) is 2.72.